The molecular formula is C27H33N5O4. The van der Waals surface area contributed by atoms with Crippen LogP contribution in [-0.2, 0) is 22.6 Å². The Balaban J connectivity index is 1.46. The van der Waals surface area contributed by atoms with E-state index in [2.05, 4.69) is 20.5 Å². The normalized spacial score (nSPS) is 18.0. The van der Waals surface area contributed by atoms with Gasteiger partial charge in [0.2, 0.25) is 11.8 Å². The molecule has 4 rings (SSSR count). The third kappa shape index (κ3) is 6.69. The van der Waals surface area contributed by atoms with Crippen molar-refractivity contribution in [2.75, 3.05) is 19.6 Å². The van der Waals surface area contributed by atoms with Gasteiger partial charge >= 0.3 is 6.09 Å². The first-order valence-electron chi connectivity index (χ1n) is 12.3. The van der Waals surface area contributed by atoms with Gasteiger partial charge in [0.05, 0.1) is 23.9 Å². The number of pyridine rings is 1. The van der Waals surface area contributed by atoms with Gasteiger partial charge in [0.1, 0.15) is 11.9 Å². The largest absolute Gasteiger partial charge is 0.445 e. The van der Waals surface area contributed by atoms with E-state index in [1.165, 1.54) is 0 Å². The average molecular weight is 492 g/mol. The summed E-state index contributed by atoms with van der Waals surface area (Å²) in [6, 6.07) is 15.5. The molecular weight excluding hydrogens is 458 g/mol. The summed E-state index contributed by atoms with van der Waals surface area (Å²) in [4.78, 5) is 36.5. The van der Waals surface area contributed by atoms with Crippen molar-refractivity contribution in [2.24, 2.45) is 5.92 Å². The number of carbonyl (C=O) groups excluding carboxylic acids is 2. The van der Waals surface area contributed by atoms with Crippen LogP contribution in [0.2, 0.25) is 0 Å². The van der Waals surface area contributed by atoms with Gasteiger partial charge in [-0.25, -0.2) is 9.78 Å². The zero-order valence-corrected chi connectivity index (χ0v) is 21.0. The fourth-order valence-electron chi connectivity index (χ4n) is 4.39. The SMILES string of the molecule is CCNC(=O)O[C@@H]1C[C@@H](C(=O)NCc2cccc(C)n2)CN(Cc2nc(-c3ccccc3)oc2C)C1. The second-order valence-corrected chi connectivity index (χ2v) is 9.06. The standard InChI is InChI=1S/C27H33N5O4/c1-4-28-27(34)36-23-13-21(25(33)29-14-22-12-8-9-18(2)30-22)15-32(16-23)17-24-19(3)35-26(31-24)20-10-6-5-7-11-20/h5-12,21,23H,4,13-17H2,1-3H3,(H,28,34)(H,29,33)/t21-,23-/m1/s1. The molecule has 0 radical (unpaired) electrons. The summed E-state index contributed by atoms with van der Waals surface area (Å²) in [5, 5.41) is 5.67. The maximum Gasteiger partial charge on any atom is 0.407 e. The third-order valence-electron chi connectivity index (χ3n) is 6.13. The van der Waals surface area contributed by atoms with Crippen LogP contribution in [0.15, 0.2) is 52.9 Å². The van der Waals surface area contributed by atoms with Gasteiger partial charge in [0.25, 0.3) is 0 Å². The number of ether oxygens (including phenoxy) is 1. The second-order valence-electron chi connectivity index (χ2n) is 9.06. The summed E-state index contributed by atoms with van der Waals surface area (Å²) in [6.45, 7) is 7.98. The number of oxazole rings is 1. The molecule has 0 bridgehead atoms. The number of benzene rings is 1. The van der Waals surface area contributed by atoms with Gasteiger partial charge in [0, 0.05) is 37.4 Å². The molecule has 1 fully saturated rings. The van der Waals surface area contributed by atoms with Crippen molar-refractivity contribution in [3.05, 3.63) is 71.4 Å². The van der Waals surface area contributed by atoms with E-state index in [1.807, 2.05) is 69.3 Å². The predicted molar refractivity (Wildman–Crippen MR) is 135 cm³/mol. The Kier molecular flexibility index (Phi) is 8.32. The van der Waals surface area contributed by atoms with Gasteiger partial charge in [0.15, 0.2) is 0 Å². The molecule has 1 saturated heterocycles. The number of nitrogens with zero attached hydrogens (tertiary/aromatic N) is 3. The molecule has 9 nitrogen and oxygen atoms in total. The molecule has 3 aromatic rings. The van der Waals surface area contributed by atoms with Crippen LogP contribution < -0.4 is 10.6 Å². The van der Waals surface area contributed by atoms with Crippen molar-refractivity contribution in [2.45, 2.75) is 46.4 Å². The quantitative estimate of drug-likeness (QED) is 0.495. The Morgan fingerprint density at radius 2 is 1.86 bits per heavy atom. The van der Waals surface area contributed by atoms with E-state index < -0.39 is 12.2 Å². The molecule has 1 aromatic carbocycles. The van der Waals surface area contributed by atoms with Crippen molar-refractivity contribution >= 4 is 12.0 Å². The summed E-state index contributed by atoms with van der Waals surface area (Å²) in [5.41, 5.74) is 3.41. The van der Waals surface area contributed by atoms with E-state index in [0.717, 1.165) is 28.4 Å². The Morgan fingerprint density at radius 3 is 2.61 bits per heavy atom. The Morgan fingerprint density at radius 1 is 1.06 bits per heavy atom. The lowest BCUT2D eigenvalue weighted by molar-refractivity contribution is -0.129. The predicted octanol–water partition coefficient (Wildman–Crippen LogP) is 3.61. The molecule has 2 amide bonds. The molecule has 9 heteroatoms. The zero-order chi connectivity index (χ0) is 25.5. The van der Waals surface area contributed by atoms with Crippen LogP contribution >= 0.6 is 0 Å². The van der Waals surface area contributed by atoms with Crippen molar-refractivity contribution in [3.8, 4) is 11.5 Å². The molecule has 36 heavy (non-hydrogen) atoms. The number of aromatic nitrogens is 2. The van der Waals surface area contributed by atoms with Gasteiger partial charge < -0.3 is 19.8 Å². The highest BCUT2D eigenvalue weighted by atomic mass is 16.6. The lowest BCUT2D eigenvalue weighted by Crippen LogP contribution is -2.49. The number of nitrogens with one attached hydrogen (secondary N) is 2. The van der Waals surface area contributed by atoms with Crippen LogP contribution in [0.25, 0.3) is 11.5 Å². The van der Waals surface area contributed by atoms with E-state index >= 15 is 0 Å². The topological polar surface area (TPSA) is 110 Å². The lowest BCUT2D eigenvalue weighted by atomic mass is 9.94. The van der Waals surface area contributed by atoms with Crippen LogP contribution in [0.3, 0.4) is 0 Å². The molecule has 3 heterocycles. The van der Waals surface area contributed by atoms with Gasteiger partial charge in [-0.1, -0.05) is 24.3 Å². The molecule has 0 saturated carbocycles. The van der Waals surface area contributed by atoms with Gasteiger partial charge in [-0.15, -0.1) is 0 Å². The first-order valence-corrected chi connectivity index (χ1v) is 12.3. The van der Waals surface area contributed by atoms with E-state index in [-0.39, 0.29) is 11.8 Å². The monoisotopic (exact) mass is 491 g/mol. The summed E-state index contributed by atoms with van der Waals surface area (Å²) >= 11 is 0. The minimum atomic E-state index is -0.476. The van der Waals surface area contributed by atoms with E-state index in [0.29, 0.717) is 45.0 Å². The lowest BCUT2D eigenvalue weighted by Gasteiger charge is -2.36. The third-order valence-corrected chi connectivity index (χ3v) is 6.13. The number of amides is 2. The maximum atomic E-state index is 13.1. The molecule has 1 aliphatic rings. The Labute approximate surface area is 211 Å². The van der Waals surface area contributed by atoms with Crippen LogP contribution in [-0.4, -0.2) is 52.6 Å². The first kappa shape index (κ1) is 25.4. The number of rotatable bonds is 8. The molecule has 0 aliphatic carbocycles. The number of carbonyl (C=O) groups is 2. The molecule has 2 aromatic heterocycles. The number of likely N-dealkylation sites (tertiary alicyclic amines) is 1. The summed E-state index contributed by atoms with van der Waals surface area (Å²) in [5.74, 6) is 0.862. The van der Waals surface area contributed by atoms with Crippen LogP contribution in [0.4, 0.5) is 4.79 Å². The van der Waals surface area contributed by atoms with Crippen molar-refractivity contribution < 1.29 is 18.7 Å². The molecule has 2 atom stereocenters. The van der Waals surface area contributed by atoms with Crippen LogP contribution in [0.5, 0.6) is 0 Å². The highest BCUT2D eigenvalue weighted by molar-refractivity contribution is 5.79. The average Bonchev–Trinajstić information content (AvgIpc) is 3.23. The number of hydrogen-bond donors (Lipinski definition) is 2. The summed E-state index contributed by atoms with van der Waals surface area (Å²) in [7, 11) is 0. The van der Waals surface area contributed by atoms with Crippen molar-refractivity contribution in [1.29, 1.82) is 0 Å². The summed E-state index contributed by atoms with van der Waals surface area (Å²) in [6.07, 6.45) is -0.441. The van der Waals surface area contributed by atoms with E-state index in [9.17, 15) is 9.59 Å². The number of aryl methyl sites for hydroxylation is 2. The Hall–Kier alpha value is -3.72. The fraction of sp³-hybridized carbons (Fsp3) is 0.407. The second kappa shape index (κ2) is 11.8. The van der Waals surface area contributed by atoms with Crippen LogP contribution in [0.1, 0.15) is 36.2 Å². The Bertz CT molecular complexity index is 1180. The first-order chi connectivity index (χ1) is 17.4. The van der Waals surface area contributed by atoms with Crippen LogP contribution in [0, 0.1) is 19.8 Å². The highest BCUT2D eigenvalue weighted by Crippen LogP contribution is 2.25. The van der Waals surface area contributed by atoms with Gasteiger partial charge in [-0.3, -0.25) is 14.7 Å². The number of hydrogen-bond acceptors (Lipinski definition) is 7. The molecule has 0 spiro atoms. The van der Waals surface area contributed by atoms with E-state index in [1.54, 1.807) is 0 Å². The molecule has 1 aliphatic heterocycles. The van der Waals surface area contributed by atoms with Gasteiger partial charge in [-0.05, 0) is 51.5 Å². The molecule has 190 valence electrons. The molecule has 0 unspecified atom stereocenters. The smallest absolute Gasteiger partial charge is 0.407 e. The van der Waals surface area contributed by atoms with Gasteiger partial charge in [-0.2, -0.15) is 0 Å². The highest BCUT2D eigenvalue weighted by Gasteiger charge is 2.34. The minimum absolute atomic E-state index is 0.0886. The van der Waals surface area contributed by atoms with E-state index in [4.69, 9.17) is 14.1 Å². The number of alkyl carbamates (subject to hydrolysis) is 1. The zero-order valence-electron chi connectivity index (χ0n) is 21.0. The minimum Gasteiger partial charge on any atom is -0.445 e. The van der Waals surface area contributed by atoms with Crippen molar-refractivity contribution in [1.82, 2.24) is 25.5 Å². The number of piperidine rings is 1. The fourth-order valence-corrected chi connectivity index (χ4v) is 4.39. The maximum absolute atomic E-state index is 13.1. The van der Waals surface area contributed by atoms with Crippen molar-refractivity contribution in [3.63, 3.8) is 0 Å². The molecule has 2 N–H and O–H groups in total. The summed E-state index contributed by atoms with van der Waals surface area (Å²) < 4.78 is 11.6.